The molecule has 0 saturated carbocycles. The Labute approximate surface area is 114 Å². The molecule has 1 aromatic heterocycles. The molecule has 1 N–H and O–H groups in total. The number of aromatic nitrogens is 1. The molecule has 7 heteroatoms. The number of carbonyl (C=O) groups is 1. The molecular weight excluding hydrogens is 272 g/mol. The summed E-state index contributed by atoms with van der Waals surface area (Å²) < 4.78 is 5.07. The van der Waals surface area contributed by atoms with Gasteiger partial charge in [-0.3, -0.25) is 9.69 Å². The Morgan fingerprint density at radius 1 is 1.67 bits per heavy atom. The van der Waals surface area contributed by atoms with Crippen LogP contribution in [0, 0.1) is 0 Å². The van der Waals surface area contributed by atoms with Crippen molar-refractivity contribution < 1.29 is 14.6 Å². The van der Waals surface area contributed by atoms with Crippen molar-refractivity contribution in [3.05, 3.63) is 24.4 Å². The van der Waals surface area contributed by atoms with Crippen molar-refractivity contribution in [3.8, 4) is 0 Å². The SMILES string of the molecule is COC(=O)C1SC(=S)N(c2ccccn2)C1(C)O. The minimum absolute atomic E-state index is 0.397. The van der Waals surface area contributed by atoms with Crippen LogP contribution < -0.4 is 4.90 Å². The zero-order chi connectivity index (χ0) is 13.3. The molecular formula is C11H12N2O3S2. The number of hydrogen-bond donors (Lipinski definition) is 1. The van der Waals surface area contributed by atoms with Gasteiger partial charge in [0.1, 0.15) is 10.1 Å². The largest absolute Gasteiger partial charge is 0.468 e. The van der Waals surface area contributed by atoms with Crippen molar-refractivity contribution in [1.82, 2.24) is 4.98 Å². The van der Waals surface area contributed by atoms with Crippen LogP contribution >= 0.6 is 24.0 Å². The highest BCUT2D eigenvalue weighted by Crippen LogP contribution is 2.41. The molecule has 2 rings (SSSR count). The molecule has 5 nitrogen and oxygen atoms in total. The summed E-state index contributed by atoms with van der Waals surface area (Å²) >= 11 is 6.30. The maximum atomic E-state index is 11.6. The van der Waals surface area contributed by atoms with Gasteiger partial charge in [0, 0.05) is 6.20 Å². The van der Waals surface area contributed by atoms with Crippen molar-refractivity contribution in [2.24, 2.45) is 0 Å². The Bertz CT molecular complexity index is 478. The van der Waals surface area contributed by atoms with E-state index in [1.807, 2.05) is 0 Å². The lowest BCUT2D eigenvalue weighted by Gasteiger charge is -2.32. The van der Waals surface area contributed by atoms with E-state index in [0.29, 0.717) is 10.1 Å². The van der Waals surface area contributed by atoms with Crippen molar-refractivity contribution >= 4 is 40.1 Å². The van der Waals surface area contributed by atoms with Gasteiger partial charge < -0.3 is 9.84 Å². The van der Waals surface area contributed by atoms with Crippen molar-refractivity contribution in [1.29, 1.82) is 0 Å². The van der Waals surface area contributed by atoms with Gasteiger partial charge >= 0.3 is 5.97 Å². The van der Waals surface area contributed by atoms with Crippen molar-refractivity contribution in [3.63, 3.8) is 0 Å². The number of thioether (sulfide) groups is 1. The van der Waals surface area contributed by atoms with Gasteiger partial charge in [0.15, 0.2) is 11.0 Å². The molecule has 1 aromatic rings. The van der Waals surface area contributed by atoms with E-state index in [1.54, 1.807) is 24.4 Å². The molecule has 1 aliphatic rings. The zero-order valence-corrected chi connectivity index (χ0v) is 11.5. The van der Waals surface area contributed by atoms with E-state index in [4.69, 9.17) is 12.2 Å². The fraction of sp³-hybridized carbons (Fsp3) is 0.364. The van der Waals surface area contributed by atoms with Gasteiger partial charge in [0.25, 0.3) is 0 Å². The summed E-state index contributed by atoms with van der Waals surface area (Å²) in [6, 6.07) is 5.28. The average Bonchev–Trinajstić information content (AvgIpc) is 2.59. The van der Waals surface area contributed by atoms with E-state index >= 15 is 0 Å². The van der Waals surface area contributed by atoms with Gasteiger partial charge in [0.05, 0.1) is 7.11 Å². The summed E-state index contributed by atoms with van der Waals surface area (Å²) in [5.74, 6) is -0.00261. The fourth-order valence-corrected chi connectivity index (χ4v) is 3.43. The van der Waals surface area contributed by atoms with E-state index in [9.17, 15) is 9.90 Å². The number of aliphatic hydroxyl groups is 1. The predicted molar refractivity (Wildman–Crippen MR) is 73.3 cm³/mol. The molecule has 0 radical (unpaired) electrons. The quantitative estimate of drug-likeness (QED) is 0.646. The molecule has 96 valence electrons. The van der Waals surface area contributed by atoms with Crippen LogP contribution in [0.5, 0.6) is 0 Å². The minimum Gasteiger partial charge on any atom is -0.468 e. The normalized spacial score (nSPS) is 27.4. The first kappa shape index (κ1) is 13.3. The third-order valence-corrected chi connectivity index (χ3v) is 4.37. The van der Waals surface area contributed by atoms with E-state index in [0.717, 1.165) is 11.8 Å². The summed E-state index contributed by atoms with van der Waals surface area (Å²) in [7, 11) is 1.28. The number of carbonyl (C=O) groups excluding carboxylic acids is 1. The highest BCUT2D eigenvalue weighted by molar-refractivity contribution is 8.24. The number of hydrogen-bond acceptors (Lipinski definition) is 6. The fourth-order valence-electron chi connectivity index (χ4n) is 1.76. The van der Waals surface area contributed by atoms with Crippen LogP contribution in [0.1, 0.15) is 6.92 Å². The van der Waals surface area contributed by atoms with E-state index < -0.39 is 16.9 Å². The smallest absolute Gasteiger partial charge is 0.324 e. The second-order valence-electron chi connectivity index (χ2n) is 3.90. The second kappa shape index (κ2) is 4.83. The molecule has 1 saturated heterocycles. The number of ether oxygens (including phenoxy) is 1. The number of esters is 1. The van der Waals surface area contributed by atoms with Crippen LogP contribution in [0.25, 0.3) is 0 Å². The van der Waals surface area contributed by atoms with Crippen LogP contribution in [-0.2, 0) is 9.53 Å². The number of anilines is 1. The monoisotopic (exact) mass is 284 g/mol. The lowest BCUT2D eigenvalue weighted by molar-refractivity contribution is -0.143. The van der Waals surface area contributed by atoms with Gasteiger partial charge in [-0.1, -0.05) is 30.0 Å². The highest BCUT2D eigenvalue weighted by Gasteiger charge is 2.52. The van der Waals surface area contributed by atoms with Crippen LogP contribution in [0.3, 0.4) is 0 Å². The second-order valence-corrected chi connectivity index (χ2v) is 5.64. The molecule has 0 spiro atoms. The van der Waals surface area contributed by atoms with Gasteiger partial charge in [-0.05, 0) is 19.1 Å². The third-order valence-electron chi connectivity index (χ3n) is 2.64. The minimum atomic E-state index is -1.46. The molecule has 0 bridgehead atoms. The standard InChI is InChI=1S/C11H12N2O3S2/c1-11(15)8(9(14)16-2)18-10(17)13(11)7-5-3-4-6-12-7/h3-6,8,15H,1-2H3. The first-order chi connectivity index (χ1) is 8.48. The summed E-state index contributed by atoms with van der Waals surface area (Å²) in [6.07, 6.45) is 1.60. The Kier molecular flexibility index (Phi) is 3.56. The molecule has 2 unspecified atom stereocenters. The first-order valence-electron chi connectivity index (χ1n) is 5.20. The summed E-state index contributed by atoms with van der Waals surface area (Å²) in [5.41, 5.74) is -1.46. The molecule has 0 amide bonds. The summed E-state index contributed by atoms with van der Waals surface area (Å²) in [4.78, 5) is 17.2. The number of thiocarbonyl (C=S) groups is 1. The van der Waals surface area contributed by atoms with Gasteiger partial charge in [-0.2, -0.15) is 0 Å². The molecule has 1 fully saturated rings. The Hall–Kier alpha value is -1.18. The van der Waals surface area contributed by atoms with Crippen LogP contribution in [-0.4, -0.2) is 38.5 Å². The maximum Gasteiger partial charge on any atom is 0.324 e. The number of nitrogens with zero attached hydrogens (tertiary/aromatic N) is 2. The average molecular weight is 284 g/mol. The highest BCUT2D eigenvalue weighted by atomic mass is 32.2. The van der Waals surface area contributed by atoms with Crippen molar-refractivity contribution in [2.75, 3.05) is 12.0 Å². The molecule has 2 heterocycles. The molecule has 2 atom stereocenters. The summed E-state index contributed by atoms with van der Waals surface area (Å²) in [5, 5.41) is 9.74. The first-order valence-corrected chi connectivity index (χ1v) is 6.49. The van der Waals surface area contributed by atoms with Crippen LogP contribution in [0.4, 0.5) is 5.82 Å². The molecule has 1 aliphatic heterocycles. The molecule has 0 aromatic carbocycles. The van der Waals surface area contributed by atoms with Crippen LogP contribution in [0.15, 0.2) is 24.4 Å². The number of rotatable bonds is 2. The van der Waals surface area contributed by atoms with E-state index in [1.165, 1.54) is 18.9 Å². The van der Waals surface area contributed by atoms with Crippen LogP contribution in [0.2, 0.25) is 0 Å². The van der Waals surface area contributed by atoms with E-state index in [-0.39, 0.29) is 0 Å². The van der Waals surface area contributed by atoms with Crippen molar-refractivity contribution in [2.45, 2.75) is 17.9 Å². The Morgan fingerprint density at radius 3 is 2.94 bits per heavy atom. The van der Waals surface area contributed by atoms with Gasteiger partial charge in [-0.25, -0.2) is 4.98 Å². The zero-order valence-electron chi connectivity index (χ0n) is 9.86. The number of pyridine rings is 1. The summed E-state index contributed by atoms with van der Waals surface area (Å²) in [6.45, 7) is 1.52. The molecule has 18 heavy (non-hydrogen) atoms. The lowest BCUT2D eigenvalue weighted by atomic mass is 10.1. The maximum absolute atomic E-state index is 11.6. The third kappa shape index (κ3) is 2.09. The predicted octanol–water partition coefficient (Wildman–Crippen LogP) is 1.17. The lowest BCUT2D eigenvalue weighted by Crippen LogP contribution is -2.51. The van der Waals surface area contributed by atoms with E-state index in [2.05, 4.69) is 9.72 Å². The van der Waals surface area contributed by atoms with Gasteiger partial charge in [-0.15, -0.1) is 0 Å². The number of methoxy groups -OCH3 is 1. The Morgan fingerprint density at radius 2 is 2.39 bits per heavy atom. The Balaban J connectivity index is 2.38. The van der Waals surface area contributed by atoms with Gasteiger partial charge in [0.2, 0.25) is 0 Å². The molecule has 0 aliphatic carbocycles. The topological polar surface area (TPSA) is 62.7 Å².